The van der Waals surface area contributed by atoms with Crippen LogP contribution in [0.1, 0.15) is 24.8 Å². The molecule has 1 saturated heterocycles. The van der Waals surface area contributed by atoms with Gasteiger partial charge in [0, 0.05) is 49.7 Å². The van der Waals surface area contributed by atoms with Gasteiger partial charge in [0.1, 0.15) is 0 Å². The van der Waals surface area contributed by atoms with Crippen molar-refractivity contribution in [2.45, 2.75) is 30.4 Å². The molecule has 1 aliphatic heterocycles. The highest BCUT2D eigenvalue weighted by Gasteiger charge is 2.42. The predicted molar refractivity (Wildman–Crippen MR) is 112 cm³/mol. The second-order valence-electron chi connectivity index (χ2n) is 6.76. The van der Waals surface area contributed by atoms with E-state index in [1.807, 2.05) is 12.1 Å². The fraction of sp³-hybridized carbons (Fsp3) is 0.611. The van der Waals surface area contributed by atoms with E-state index in [9.17, 15) is 8.42 Å². The van der Waals surface area contributed by atoms with E-state index >= 15 is 0 Å². The predicted octanol–water partition coefficient (Wildman–Crippen LogP) is 2.68. The number of nitrogens with zero attached hydrogens (tertiary/aromatic N) is 1. The summed E-state index contributed by atoms with van der Waals surface area (Å²) < 4.78 is 29.1. The molecule has 27 heavy (non-hydrogen) atoms. The van der Waals surface area contributed by atoms with Crippen LogP contribution in [0.15, 0.2) is 23.2 Å². The monoisotopic (exact) mass is 435 g/mol. The SMILES string of the molecule is CN=C(NCCCc1ccc(Cl)cc1Cl)NCC1(S(C)(=O)=O)CCOCC1. The van der Waals surface area contributed by atoms with Crippen LogP contribution in [0.2, 0.25) is 10.0 Å². The summed E-state index contributed by atoms with van der Waals surface area (Å²) in [6.45, 7) is 1.93. The lowest BCUT2D eigenvalue weighted by Gasteiger charge is -2.35. The summed E-state index contributed by atoms with van der Waals surface area (Å²) in [5, 5.41) is 7.68. The molecule has 2 rings (SSSR count). The standard InChI is InChI=1S/C18H27Cl2N3O3S/c1-21-17(22-9-3-4-14-5-6-15(19)12-16(14)20)23-13-18(27(2,24)25)7-10-26-11-8-18/h5-6,12H,3-4,7-11,13H2,1-2H3,(H2,21,22,23). The lowest BCUT2D eigenvalue weighted by atomic mass is 9.99. The highest BCUT2D eigenvalue weighted by molar-refractivity contribution is 7.92. The second-order valence-corrected chi connectivity index (χ2v) is 10.0. The second kappa shape index (κ2) is 9.96. The van der Waals surface area contributed by atoms with Gasteiger partial charge in [0.15, 0.2) is 15.8 Å². The Hall–Kier alpha value is -1.02. The number of rotatable bonds is 7. The van der Waals surface area contributed by atoms with Crippen LogP contribution >= 0.6 is 23.2 Å². The van der Waals surface area contributed by atoms with Gasteiger partial charge >= 0.3 is 0 Å². The van der Waals surface area contributed by atoms with Crippen LogP contribution in [-0.2, 0) is 21.0 Å². The van der Waals surface area contributed by atoms with Gasteiger partial charge in [-0.2, -0.15) is 0 Å². The molecule has 1 heterocycles. The Morgan fingerprint density at radius 2 is 1.96 bits per heavy atom. The third kappa shape index (κ3) is 6.24. The maximum atomic E-state index is 12.3. The van der Waals surface area contributed by atoms with E-state index < -0.39 is 14.6 Å². The van der Waals surface area contributed by atoms with Gasteiger partial charge in [0.05, 0.1) is 4.75 Å². The number of guanidine groups is 1. The summed E-state index contributed by atoms with van der Waals surface area (Å²) >= 11 is 12.1. The van der Waals surface area contributed by atoms with Gasteiger partial charge in [-0.05, 0) is 43.4 Å². The number of sulfone groups is 1. The molecule has 1 aromatic rings. The molecule has 152 valence electrons. The van der Waals surface area contributed by atoms with Crippen molar-refractivity contribution in [2.24, 2.45) is 4.99 Å². The molecule has 0 bridgehead atoms. The van der Waals surface area contributed by atoms with Crippen molar-refractivity contribution in [1.82, 2.24) is 10.6 Å². The van der Waals surface area contributed by atoms with Crippen LogP contribution < -0.4 is 10.6 Å². The zero-order chi connectivity index (χ0) is 19.9. The van der Waals surface area contributed by atoms with Crippen LogP contribution in [0.5, 0.6) is 0 Å². The summed E-state index contributed by atoms with van der Waals surface area (Å²) in [5.74, 6) is 0.590. The van der Waals surface area contributed by atoms with E-state index in [-0.39, 0.29) is 0 Å². The van der Waals surface area contributed by atoms with Gasteiger partial charge in [-0.25, -0.2) is 8.42 Å². The fourth-order valence-corrected chi connectivity index (χ4v) is 4.84. The summed E-state index contributed by atoms with van der Waals surface area (Å²) in [6, 6.07) is 5.50. The number of aryl methyl sites for hydroxylation is 1. The van der Waals surface area contributed by atoms with Crippen LogP contribution in [0, 0.1) is 0 Å². The molecule has 1 fully saturated rings. The summed E-state index contributed by atoms with van der Waals surface area (Å²) in [4.78, 5) is 4.18. The molecule has 0 amide bonds. The fourth-order valence-electron chi connectivity index (χ4n) is 3.10. The third-order valence-electron chi connectivity index (χ3n) is 4.92. The first-order valence-corrected chi connectivity index (χ1v) is 11.6. The summed E-state index contributed by atoms with van der Waals surface area (Å²) in [5.41, 5.74) is 1.05. The quantitative estimate of drug-likeness (QED) is 0.390. The minimum absolute atomic E-state index is 0.317. The Morgan fingerprint density at radius 3 is 2.56 bits per heavy atom. The molecule has 2 N–H and O–H groups in total. The van der Waals surface area contributed by atoms with Crippen LogP contribution in [0.3, 0.4) is 0 Å². The number of halogens is 2. The van der Waals surface area contributed by atoms with Crippen molar-refractivity contribution in [1.29, 1.82) is 0 Å². The van der Waals surface area contributed by atoms with E-state index in [0.29, 0.717) is 55.1 Å². The zero-order valence-electron chi connectivity index (χ0n) is 15.7. The number of aliphatic imine (C=N–C) groups is 1. The van der Waals surface area contributed by atoms with Crippen molar-refractivity contribution < 1.29 is 13.2 Å². The molecule has 0 saturated carbocycles. The highest BCUT2D eigenvalue weighted by Crippen LogP contribution is 2.28. The molecule has 0 radical (unpaired) electrons. The molecule has 1 aromatic carbocycles. The lowest BCUT2D eigenvalue weighted by molar-refractivity contribution is 0.0756. The molecule has 1 aliphatic rings. The van der Waals surface area contributed by atoms with E-state index in [1.165, 1.54) is 6.26 Å². The minimum atomic E-state index is -3.21. The molecule has 0 unspecified atom stereocenters. The Bertz CT molecular complexity index is 763. The van der Waals surface area contributed by atoms with Crippen molar-refractivity contribution >= 4 is 39.0 Å². The molecule has 6 nitrogen and oxygen atoms in total. The maximum absolute atomic E-state index is 12.3. The number of hydrogen-bond acceptors (Lipinski definition) is 4. The molecular weight excluding hydrogens is 409 g/mol. The largest absolute Gasteiger partial charge is 0.381 e. The van der Waals surface area contributed by atoms with Gasteiger partial charge in [-0.15, -0.1) is 0 Å². The third-order valence-corrected chi connectivity index (χ3v) is 7.64. The van der Waals surface area contributed by atoms with Crippen LogP contribution in [0.4, 0.5) is 0 Å². The average molecular weight is 436 g/mol. The summed E-state index contributed by atoms with van der Waals surface area (Å²) in [7, 11) is -1.54. The first kappa shape index (κ1) is 22.3. The molecule has 0 spiro atoms. The van der Waals surface area contributed by atoms with E-state index in [4.69, 9.17) is 27.9 Å². The normalized spacial score (nSPS) is 17.6. The smallest absolute Gasteiger partial charge is 0.191 e. The van der Waals surface area contributed by atoms with Crippen molar-refractivity contribution in [3.05, 3.63) is 33.8 Å². The number of hydrogen-bond donors (Lipinski definition) is 2. The molecule has 0 aromatic heterocycles. The van der Waals surface area contributed by atoms with Gasteiger partial charge in [0.2, 0.25) is 0 Å². The minimum Gasteiger partial charge on any atom is -0.381 e. The number of benzene rings is 1. The van der Waals surface area contributed by atoms with Gasteiger partial charge in [-0.1, -0.05) is 29.3 Å². The maximum Gasteiger partial charge on any atom is 0.191 e. The van der Waals surface area contributed by atoms with Crippen LogP contribution in [-0.4, -0.2) is 58.7 Å². The molecule has 9 heteroatoms. The Balaban J connectivity index is 1.83. The number of nitrogens with one attached hydrogen (secondary N) is 2. The first-order chi connectivity index (χ1) is 12.8. The van der Waals surface area contributed by atoms with E-state index in [2.05, 4.69) is 15.6 Å². The van der Waals surface area contributed by atoms with Gasteiger partial charge < -0.3 is 15.4 Å². The van der Waals surface area contributed by atoms with Crippen LogP contribution in [0.25, 0.3) is 0 Å². The molecule has 0 atom stereocenters. The average Bonchev–Trinajstić information content (AvgIpc) is 2.62. The number of ether oxygens (including phenoxy) is 1. The topological polar surface area (TPSA) is 79.8 Å². The van der Waals surface area contributed by atoms with E-state index in [0.717, 1.165) is 18.4 Å². The first-order valence-electron chi connectivity index (χ1n) is 8.93. The van der Waals surface area contributed by atoms with Gasteiger partial charge in [-0.3, -0.25) is 4.99 Å². The molecular formula is C18H27Cl2N3O3S. The highest BCUT2D eigenvalue weighted by atomic mass is 35.5. The van der Waals surface area contributed by atoms with Crippen molar-refractivity contribution in [3.63, 3.8) is 0 Å². The van der Waals surface area contributed by atoms with E-state index in [1.54, 1.807) is 13.1 Å². The van der Waals surface area contributed by atoms with Gasteiger partial charge in [0.25, 0.3) is 0 Å². The lowest BCUT2D eigenvalue weighted by Crippen LogP contribution is -2.53. The van der Waals surface area contributed by atoms with Crippen molar-refractivity contribution in [2.75, 3.05) is 39.6 Å². The Kier molecular flexibility index (Phi) is 8.21. The Morgan fingerprint density at radius 1 is 1.26 bits per heavy atom. The Labute approximate surface area is 171 Å². The zero-order valence-corrected chi connectivity index (χ0v) is 18.1. The molecule has 0 aliphatic carbocycles. The summed E-state index contributed by atoms with van der Waals surface area (Å²) in [6.07, 6.45) is 3.94. The van der Waals surface area contributed by atoms with Crippen molar-refractivity contribution in [3.8, 4) is 0 Å².